The van der Waals surface area contributed by atoms with Gasteiger partial charge in [-0.1, -0.05) is 17.9 Å². The minimum Gasteiger partial charge on any atom is -0.395 e. The Morgan fingerprint density at radius 1 is 1.38 bits per heavy atom. The van der Waals surface area contributed by atoms with Gasteiger partial charge in [0.25, 0.3) is 5.91 Å². The summed E-state index contributed by atoms with van der Waals surface area (Å²) < 4.78 is 0. The van der Waals surface area contributed by atoms with Crippen LogP contribution in [0.15, 0.2) is 18.2 Å². The minimum absolute atomic E-state index is 0.00684. The lowest BCUT2D eigenvalue weighted by molar-refractivity contribution is -0.118. The van der Waals surface area contributed by atoms with Crippen LogP contribution >= 0.6 is 0 Å². The monoisotopic (exact) mass is 288 g/mol. The van der Waals surface area contributed by atoms with E-state index in [0.29, 0.717) is 18.5 Å². The van der Waals surface area contributed by atoms with Crippen molar-refractivity contribution >= 4 is 11.8 Å². The summed E-state index contributed by atoms with van der Waals surface area (Å²) in [6.07, 6.45) is 0.389. The van der Waals surface area contributed by atoms with E-state index in [-0.39, 0.29) is 19.1 Å². The molecule has 0 spiro atoms. The Morgan fingerprint density at radius 2 is 2.10 bits per heavy atom. The van der Waals surface area contributed by atoms with Crippen molar-refractivity contribution in [2.45, 2.75) is 20.3 Å². The lowest BCUT2D eigenvalue weighted by Crippen LogP contribution is -2.38. The predicted molar refractivity (Wildman–Crippen MR) is 80.5 cm³/mol. The van der Waals surface area contributed by atoms with Crippen LogP contribution in [0.25, 0.3) is 0 Å². The standard InChI is InChI=1S/C16H20N2O3/c1-3-18(11-15(17)20)16(21)14-9-6-8-13(12(14)2)7-4-5-10-19/h6,8-9,19H,3,5,10-11H2,1-2H3,(H2,17,20). The SMILES string of the molecule is CCN(CC(N)=O)C(=O)c1cccc(C#CCCO)c1C. The first-order chi connectivity index (χ1) is 10.0. The van der Waals surface area contributed by atoms with E-state index in [1.807, 2.05) is 13.0 Å². The molecule has 1 aromatic rings. The van der Waals surface area contributed by atoms with Crippen molar-refractivity contribution < 1.29 is 14.7 Å². The van der Waals surface area contributed by atoms with Gasteiger partial charge in [0, 0.05) is 24.1 Å². The largest absolute Gasteiger partial charge is 0.395 e. The molecule has 3 N–H and O–H groups in total. The average Bonchev–Trinajstić information content (AvgIpc) is 2.46. The zero-order valence-corrected chi connectivity index (χ0v) is 12.3. The fourth-order valence-corrected chi connectivity index (χ4v) is 1.90. The van der Waals surface area contributed by atoms with E-state index < -0.39 is 5.91 Å². The van der Waals surface area contributed by atoms with E-state index in [2.05, 4.69) is 11.8 Å². The molecule has 0 aliphatic heterocycles. The molecule has 0 atom stereocenters. The van der Waals surface area contributed by atoms with E-state index in [0.717, 1.165) is 11.1 Å². The molecule has 0 fully saturated rings. The van der Waals surface area contributed by atoms with Crippen LogP contribution in [0.5, 0.6) is 0 Å². The number of hydrogen-bond acceptors (Lipinski definition) is 3. The Morgan fingerprint density at radius 3 is 2.67 bits per heavy atom. The van der Waals surface area contributed by atoms with E-state index in [9.17, 15) is 9.59 Å². The molecule has 0 bridgehead atoms. The first-order valence-electron chi connectivity index (χ1n) is 6.78. The summed E-state index contributed by atoms with van der Waals surface area (Å²) in [4.78, 5) is 24.9. The second kappa shape index (κ2) is 8.08. The molecule has 0 radical (unpaired) electrons. The van der Waals surface area contributed by atoms with E-state index >= 15 is 0 Å². The Kier molecular flexibility index (Phi) is 6.44. The molecule has 1 aromatic carbocycles. The summed E-state index contributed by atoms with van der Waals surface area (Å²) in [6, 6.07) is 5.28. The number of amides is 2. The smallest absolute Gasteiger partial charge is 0.254 e. The van der Waals surface area contributed by atoms with Gasteiger partial charge in [-0.2, -0.15) is 0 Å². The first kappa shape index (κ1) is 16.7. The molecule has 0 unspecified atom stereocenters. The molecule has 0 aliphatic carbocycles. The number of benzene rings is 1. The maximum Gasteiger partial charge on any atom is 0.254 e. The third-order valence-electron chi connectivity index (χ3n) is 3.04. The lowest BCUT2D eigenvalue weighted by Gasteiger charge is -2.20. The molecule has 0 saturated heterocycles. The van der Waals surface area contributed by atoms with Crippen LogP contribution in [0.4, 0.5) is 0 Å². The number of carbonyl (C=O) groups is 2. The molecular formula is C16H20N2O3. The van der Waals surface area contributed by atoms with Crippen LogP contribution < -0.4 is 5.73 Å². The fourth-order valence-electron chi connectivity index (χ4n) is 1.90. The van der Waals surface area contributed by atoms with Crippen LogP contribution in [-0.4, -0.2) is 41.5 Å². The number of aliphatic hydroxyl groups excluding tert-OH is 1. The normalized spacial score (nSPS) is 9.67. The Balaban J connectivity index is 3.08. The predicted octanol–water partition coefficient (Wildman–Crippen LogP) is 0.676. The van der Waals surface area contributed by atoms with Gasteiger partial charge in [0.2, 0.25) is 5.91 Å². The third kappa shape index (κ3) is 4.62. The molecule has 0 heterocycles. The number of carbonyl (C=O) groups excluding carboxylic acids is 2. The van der Waals surface area contributed by atoms with Crippen LogP contribution in [0, 0.1) is 18.8 Å². The Labute approximate surface area is 124 Å². The van der Waals surface area contributed by atoms with Crippen LogP contribution in [-0.2, 0) is 4.79 Å². The molecule has 112 valence electrons. The molecule has 5 nitrogen and oxygen atoms in total. The highest BCUT2D eigenvalue weighted by Crippen LogP contribution is 2.15. The molecule has 0 aromatic heterocycles. The van der Waals surface area contributed by atoms with Crippen molar-refractivity contribution in [3.63, 3.8) is 0 Å². The van der Waals surface area contributed by atoms with Crippen molar-refractivity contribution in [3.05, 3.63) is 34.9 Å². The molecule has 0 aliphatic rings. The van der Waals surface area contributed by atoms with Crippen molar-refractivity contribution in [1.29, 1.82) is 0 Å². The maximum absolute atomic E-state index is 12.4. The molecule has 21 heavy (non-hydrogen) atoms. The number of primary amides is 1. The highest BCUT2D eigenvalue weighted by atomic mass is 16.2. The Hall–Kier alpha value is -2.32. The summed E-state index contributed by atoms with van der Waals surface area (Å²) in [6.45, 7) is 3.92. The quantitative estimate of drug-likeness (QED) is 0.781. The van der Waals surface area contributed by atoms with E-state index in [1.165, 1.54) is 4.90 Å². The van der Waals surface area contributed by atoms with E-state index in [1.54, 1.807) is 19.1 Å². The molecule has 5 heteroatoms. The second-order valence-corrected chi connectivity index (χ2v) is 4.54. The maximum atomic E-state index is 12.4. The number of rotatable bonds is 5. The highest BCUT2D eigenvalue weighted by Gasteiger charge is 2.18. The van der Waals surface area contributed by atoms with Crippen LogP contribution in [0.2, 0.25) is 0 Å². The summed E-state index contributed by atoms with van der Waals surface area (Å²) in [7, 11) is 0. The molecule has 2 amide bonds. The molecule has 0 saturated carbocycles. The Bertz CT molecular complexity index is 585. The van der Waals surface area contributed by atoms with Gasteiger partial charge in [0.1, 0.15) is 0 Å². The first-order valence-corrected chi connectivity index (χ1v) is 6.78. The van der Waals surface area contributed by atoms with Crippen molar-refractivity contribution in [2.75, 3.05) is 19.7 Å². The van der Waals surface area contributed by atoms with Gasteiger partial charge in [0.05, 0.1) is 13.2 Å². The van der Waals surface area contributed by atoms with Crippen molar-refractivity contribution in [2.24, 2.45) is 5.73 Å². The summed E-state index contributed by atoms with van der Waals surface area (Å²) in [5, 5.41) is 8.74. The lowest BCUT2D eigenvalue weighted by atomic mass is 10.0. The minimum atomic E-state index is -0.540. The van der Waals surface area contributed by atoms with Crippen molar-refractivity contribution in [3.8, 4) is 11.8 Å². The van der Waals surface area contributed by atoms with Crippen LogP contribution in [0.3, 0.4) is 0 Å². The number of nitrogens with two attached hydrogens (primary N) is 1. The zero-order valence-electron chi connectivity index (χ0n) is 12.3. The topological polar surface area (TPSA) is 83.6 Å². The van der Waals surface area contributed by atoms with Gasteiger partial charge in [-0.15, -0.1) is 0 Å². The average molecular weight is 288 g/mol. The second-order valence-electron chi connectivity index (χ2n) is 4.54. The van der Waals surface area contributed by atoms with Gasteiger partial charge in [-0.3, -0.25) is 9.59 Å². The molecule has 1 rings (SSSR count). The summed E-state index contributed by atoms with van der Waals surface area (Å²) in [5.41, 5.74) is 7.16. The van der Waals surface area contributed by atoms with Crippen LogP contribution in [0.1, 0.15) is 34.8 Å². The third-order valence-corrected chi connectivity index (χ3v) is 3.04. The van der Waals surface area contributed by atoms with Gasteiger partial charge >= 0.3 is 0 Å². The molecular weight excluding hydrogens is 268 g/mol. The number of likely N-dealkylation sites (N-methyl/N-ethyl adjacent to an activating group) is 1. The van der Waals surface area contributed by atoms with Gasteiger partial charge in [0.15, 0.2) is 0 Å². The van der Waals surface area contributed by atoms with Gasteiger partial charge in [-0.25, -0.2) is 0 Å². The van der Waals surface area contributed by atoms with Gasteiger partial charge < -0.3 is 15.7 Å². The van der Waals surface area contributed by atoms with E-state index in [4.69, 9.17) is 10.8 Å². The summed E-state index contributed by atoms with van der Waals surface area (Å²) in [5.74, 6) is 4.99. The number of aliphatic hydroxyl groups is 1. The van der Waals surface area contributed by atoms with Gasteiger partial charge in [-0.05, 0) is 31.5 Å². The highest BCUT2D eigenvalue weighted by molar-refractivity contribution is 5.98. The fraction of sp³-hybridized carbons (Fsp3) is 0.375. The number of nitrogens with zero attached hydrogens (tertiary/aromatic N) is 1. The summed E-state index contributed by atoms with van der Waals surface area (Å²) >= 11 is 0. The van der Waals surface area contributed by atoms with Crippen molar-refractivity contribution in [1.82, 2.24) is 4.90 Å². The zero-order chi connectivity index (χ0) is 15.8. The number of hydrogen-bond donors (Lipinski definition) is 2.